The minimum atomic E-state index is -0.663. The highest BCUT2D eigenvalue weighted by molar-refractivity contribution is 6.34. The van der Waals surface area contributed by atoms with Gasteiger partial charge in [-0.15, -0.1) is 0 Å². The van der Waals surface area contributed by atoms with Crippen LogP contribution < -0.4 is 10.5 Å². The van der Waals surface area contributed by atoms with E-state index in [0.29, 0.717) is 29.5 Å². The standard InChI is InChI=1S/C16H16ClFN2O2/c1-9(2)8-22-12-4-10(3-11(18)5-12)15-6-14(17)13(7-20-15)16(19)21/h3-7,9H,8H2,1-2H3,(H2,19,21). The largest absolute Gasteiger partial charge is 0.493 e. The molecule has 0 aliphatic carbocycles. The molecule has 2 aromatic rings. The van der Waals surface area contributed by atoms with E-state index in [1.54, 1.807) is 6.07 Å². The second kappa shape index (κ2) is 6.75. The molecule has 2 rings (SSSR count). The summed E-state index contributed by atoms with van der Waals surface area (Å²) < 4.78 is 19.3. The van der Waals surface area contributed by atoms with Gasteiger partial charge in [-0.05, 0) is 24.1 Å². The highest BCUT2D eigenvalue weighted by Crippen LogP contribution is 2.27. The Hall–Kier alpha value is -2.14. The van der Waals surface area contributed by atoms with Gasteiger partial charge in [-0.3, -0.25) is 9.78 Å². The van der Waals surface area contributed by atoms with Crippen LogP contribution in [0.15, 0.2) is 30.5 Å². The molecule has 1 aromatic carbocycles. The molecule has 0 saturated heterocycles. The van der Waals surface area contributed by atoms with Gasteiger partial charge in [-0.25, -0.2) is 4.39 Å². The molecule has 0 aliphatic rings. The Bertz CT molecular complexity index is 705. The Labute approximate surface area is 133 Å². The third-order valence-corrected chi connectivity index (χ3v) is 3.18. The number of nitrogens with zero attached hydrogens (tertiary/aromatic N) is 1. The molecular weight excluding hydrogens is 307 g/mol. The molecule has 0 spiro atoms. The van der Waals surface area contributed by atoms with Crippen molar-refractivity contribution in [2.45, 2.75) is 13.8 Å². The first kappa shape index (κ1) is 16.2. The Balaban J connectivity index is 2.36. The van der Waals surface area contributed by atoms with Crippen molar-refractivity contribution in [1.29, 1.82) is 0 Å². The predicted octanol–water partition coefficient (Wildman–Crippen LogP) is 3.67. The second-order valence-electron chi connectivity index (χ2n) is 5.29. The number of benzene rings is 1. The van der Waals surface area contributed by atoms with Gasteiger partial charge in [0.2, 0.25) is 0 Å². The van der Waals surface area contributed by atoms with Crippen LogP contribution in [0.1, 0.15) is 24.2 Å². The third-order valence-electron chi connectivity index (χ3n) is 2.87. The molecule has 0 fully saturated rings. The van der Waals surface area contributed by atoms with Crippen molar-refractivity contribution in [3.05, 3.63) is 46.9 Å². The number of hydrogen-bond donors (Lipinski definition) is 1. The lowest BCUT2D eigenvalue weighted by Gasteiger charge is -2.11. The van der Waals surface area contributed by atoms with Crippen molar-refractivity contribution in [3.63, 3.8) is 0 Å². The minimum Gasteiger partial charge on any atom is -0.493 e. The maximum atomic E-state index is 13.7. The van der Waals surface area contributed by atoms with Gasteiger partial charge in [0.1, 0.15) is 11.6 Å². The van der Waals surface area contributed by atoms with Gasteiger partial charge >= 0.3 is 0 Å². The average molecular weight is 323 g/mol. The van der Waals surface area contributed by atoms with Crippen LogP contribution in [0.4, 0.5) is 4.39 Å². The predicted molar refractivity (Wildman–Crippen MR) is 83.5 cm³/mol. The summed E-state index contributed by atoms with van der Waals surface area (Å²) in [6.07, 6.45) is 1.28. The minimum absolute atomic E-state index is 0.123. The van der Waals surface area contributed by atoms with E-state index in [9.17, 15) is 9.18 Å². The van der Waals surface area contributed by atoms with Gasteiger partial charge in [-0.2, -0.15) is 0 Å². The fraction of sp³-hybridized carbons (Fsp3) is 0.250. The Morgan fingerprint density at radius 2 is 2.09 bits per heavy atom. The van der Waals surface area contributed by atoms with Crippen LogP contribution in [0, 0.1) is 11.7 Å². The molecule has 22 heavy (non-hydrogen) atoms. The molecule has 4 nitrogen and oxygen atoms in total. The van der Waals surface area contributed by atoms with Gasteiger partial charge in [0, 0.05) is 17.8 Å². The Kier molecular flexibility index (Phi) is 4.98. The van der Waals surface area contributed by atoms with E-state index in [4.69, 9.17) is 22.1 Å². The molecule has 2 N–H and O–H groups in total. The number of hydrogen-bond acceptors (Lipinski definition) is 3. The topological polar surface area (TPSA) is 65.2 Å². The number of carbonyl (C=O) groups excluding carboxylic acids is 1. The summed E-state index contributed by atoms with van der Waals surface area (Å²) in [6.45, 7) is 4.49. The third kappa shape index (κ3) is 3.95. The van der Waals surface area contributed by atoms with Gasteiger partial charge in [-0.1, -0.05) is 25.4 Å². The van der Waals surface area contributed by atoms with Crippen molar-refractivity contribution in [1.82, 2.24) is 4.98 Å². The maximum absolute atomic E-state index is 13.7. The lowest BCUT2D eigenvalue weighted by atomic mass is 10.1. The van der Waals surface area contributed by atoms with E-state index in [2.05, 4.69) is 4.98 Å². The van der Waals surface area contributed by atoms with E-state index < -0.39 is 11.7 Å². The van der Waals surface area contributed by atoms with Crippen LogP contribution in [0.25, 0.3) is 11.3 Å². The van der Waals surface area contributed by atoms with Gasteiger partial charge in [0.05, 0.1) is 22.9 Å². The fourth-order valence-electron chi connectivity index (χ4n) is 1.83. The summed E-state index contributed by atoms with van der Waals surface area (Å²) in [4.78, 5) is 15.2. The van der Waals surface area contributed by atoms with Crippen LogP contribution >= 0.6 is 11.6 Å². The zero-order chi connectivity index (χ0) is 16.3. The second-order valence-corrected chi connectivity index (χ2v) is 5.70. The monoisotopic (exact) mass is 322 g/mol. The van der Waals surface area contributed by atoms with E-state index in [1.807, 2.05) is 13.8 Å². The van der Waals surface area contributed by atoms with Crippen molar-refractivity contribution >= 4 is 17.5 Å². The van der Waals surface area contributed by atoms with Crippen LogP contribution in [-0.4, -0.2) is 17.5 Å². The van der Waals surface area contributed by atoms with Crippen molar-refractivity contribution in [3.8, 4) is 17.0 Å². The molecule has 0 saturated carbocycles. The fourth-order valence-corrected chi connectivity index (χ4v) is 2.07. The first-order valence-electron chi connectivity index (χ1n) is 6.76. The lowest BCUT2D eigenvalue weighted by Crippen LogP contribution is -2.12. The number of amides is 1. The summed E-state index contributed by atoms with van der Waals surface area (Å²) in [5.41, 5.74) is 6.24. The smallest absolute Gasteiger partial charge is 0.251 e. The molecule has 1 heterocycles. The molecule has 0 radical (unpaired) electrons. The number of carbonyl (C=O) groups is 1. The average Bonchev–Trinajstić information content (AvgIpc) is 2.44. The summed E-state index contributed by atoms with van der Waals surface area (Å²) in [6, 6.07) is 5.78. The zero-order valence-corrected chi connectivity index (χ0v) is 13.0. The van der Waals surface area contributed by atoms with Gasteiger partial charge in [0.15, 0.2) is 0 Å². The number of halogens is 2. The number of ether oxygens (including phenoxy) is 1. The maximum Gasteiger partial charge on any atom is 0.251 e. The summed E-state index contributed by atoms with van der Waals surface area (Å²) in [5.74, 6) is -0.354. The highest BCUT2D eigenvalue weighted by atomic mass is 35.5. The van der Waals surface area contributed by atoms with Crippen LogP contribution in [0.5, 0.6) is 5.75 Å². The Morgan fingerprint density at radius 3 is 2.68 bits per heavy atom. The number of primary amides is 1. The summed E-state index contributed by atoms with van der Waals surface area (Å²) >= 11 is 5.99. The van der Waals surface area contributed by atoms with Gasteiger partial charge in [0.25, 0.3) is 5.91 Å². The first-order chi connectivity index (χ1) is 10.4. The lowest BCUT2D eigenvalue weighted by molar-refractivity contribution is 0.1000. The molecule has 6 heteroatoms. The number of aromatic nitrogens is 1. The number of rotatable bonds is 5. The molecule has 0 aliphatic heterocycles. The van der Waals surface area contributed by atoms with Crippen molar-refractivity contribution < 1.29 is 13.9 Å². The highest BCUT2D eigenvalue weighted by Gasteiger charge is 2.11. The van der Waals surface area contributed by atoms with Crippen LogP contribution in [0.2, 0.25) is 5.02 Å². The van der Waals surface area contributed by atoms with E-state index in [1.165, 1.54) is 24.4 Å². The normalized spacial score (nSPS) is 10.8. The molecule has 0 atom stereocenters. The van der Waals surface area contributed by atoms with E-state index in [-0.39, 0.29) is 10.6 Å². The molecule has 1 aromatic heterocycles. The van der Waals surface area contributed by atoms with Crippen molar-refractivity contribution in [2.75, 3.05) is 6.61 Å². The quantitative estimate of drug-likeness (QED) is 0.913. The van der Waals surface area contributed by atoms with E-state index >= 15 is 0 Å². The summed E-state index contributed by atoms with van der Waals surface area (Å²) in [5, 5.41) is 0.173. The molecular formula is C16H16ClFN2O2. The molecule has 0 bridgehead atoms. The summed E-state index contributed by atoms with van der Waals surface area (Å²) in [7, 11) is 0. The SMILES string of the molecule is CC(C)COc1cc(F)cc(-c2cc(Cl)c(C(N)=O)cn2)c1. The van der Waals surface area contributed by atoms with E-state index in [0.717, 1.165) is 0 Å². The van der Waals surface area contributed by atoms with Crippen LogP contribution in [-0.2, 0) is 0 Å². The molecule has 0 unspecified atom stereocenters. The first-order valence-corrected chi connectivity index (χ1v) is 7.13. The zero-order valence-electron chi connectivity index (χ0n) is 12.3. The number of pyridine rings is 1. The van der Waals surface area contributed by atoms with Gasteiger partial charge < -0.3 is 10.5 Å². The Morgan fingerprint density at radius 1 is 1.36 bits per heavy atom. The van der Waals surface area contributed by atoms with Crippen LogP contribution in [0.3, 0.4) is 0 Å². The van der Waals surface area contributed by atoms with Crippen molar-refractivity contribution in [2.24, 2.45) is 11.7 Å². The number of nitrogens with two attached hydrogens (primary N) is 1. The molecule has 1 amide bonds. The molecule has 116 valence electrons.